The van der Waals surface area contributed by atoms with Gasteiger partial charge >= 0.3 is 12.2 Å². The number of aryl methyl sites for hydroxylation is 1. The molecule has 1 aromatic heterocycles. The molecule has 0 saturated carbocycles. The normalized spacial score (nSPS) is 19.2. The summed E-state index contributed by atoms with van der Waals surface area (Å²) < 4.78 is 37.7. The van der Waals surface area contributed by atoms with Gasteiger partial charge in [-0.2, -0.15) is 18.3 Å². The second-order valence-corrected chi connectivity index (χ2v) is 7.07. The maximum absolute atomic E-state index is 12.6. The second kappa shape index (κ2) is 5.87. The van der Waals surface area contributed by atoms with Crippen molar-refractivity contribution in [3.63, 3.8) is 0 Å². The third-order valence-electron chi connectivity index (χ3n) is 4.45. The highest BCUT2D eigenvalue weighted by molar-refractivity contribution is 7.10. The van der Waals surface area contributed by atoms with Crippen molar-refractivity contribution in [3.8, 4) is 0 Å². The van der Waals surface area contributed by atoms with Crippen molar-refractivity contribution in [2.75, 3.05) is 11.9 Å². The first-order valence-electron chi connectivity index (χ1n) is 7.83. The van der Waals surface area contributed by atoms with Gasteiger partial charge in [-0.25, -0.2) is 9.80 Å². The SMILES string of the molecule is O=C(Nc1ccc(C(F)(F)F)cc1)N1CC2CCc3sccc3C2=N1. The number of rotatable bonds is 1. The van der Waals surface area contributed by atoms with Crippen molar-refractivity contribution in [3.05, 3.63) is 51.7 Å². The molecule has 1 atom stereocenters. The fourth-order valence-corrected chi connectivity index (χ4v) is 4.08. The van der Waals surface area contributed by atoms with E-state index in [0.29, 0.717) is 12.2 Å². The molecule has 0 saturated heterocycles. The Morgan fingerprint density at radius 1 is 1.24 bits per heavy atom. The van der Waals surface area contributed by atoms with Gasteiger partial charge in [-0.1, -0.05) is 0 Å². The maximum atomic E-state index is 12.6. The van der Waals surface area contributed by atoms with Crippen LogP contribution in [0.5, 0.6) is 0 Å². The number of thiophene rings is 1. The first-order chi connectivity index (χ1) is 11.9. The van der Waals surface area contributed by atoms with Crippen molar-refractivity contribution in [2.45, 2.75) is 19.0 Å². The third-order valence-corrected chi connectivity index (χ3v) is 5.43. The number of hydrogen-bond donors (Lipinski definition) is 1. The van der Waals surface area contributed by atoms with Crippen LogP contribution in [0.4, 0.5) is 23.7 Å². The van der Waals surface area contributed by atoms with E-state index in [2.05, 4.69) is 10.4 Å². The van der Waals surface area contributed by atoms with Crippen LogP contribution in [-0.4, -0.2) is 23.3 Å². The van der Waals surface area contributed by atoms with Gasteiger partial charge in [-0.15, -0.1) is 11.3 Å². The molecule has 0 bridgehead atoms. The fourth-order valence-electron chi connectivity index (χ4n) is 3.18. The summed E-state index contributed by atoms with van der Waals surface area (Å²) in [5, 5.41) is 10.4. The van der Waals surface area contributed by atoms with Crippen LogP contribution in [0.3, 0.4) is 0 Å². The molecule has 1 aliphatic heterocycles. The van der Waals surface area contributed by atoms with Gasteiger partial charge in [-0.3, -0.25) is 0 Å². The number of nitrogens with one attached hydrogen (secondary N) is 1. The van der Waals surface area contributed by atoms with E-state index in [1.54, 1.807) is 11.3 Å². The summed E-state index contributed by atoms with van der Waals surface area (Å²) in [7, 11) is 0. The number of nitrogens with zero attached hydrogens (tertiary/aromatic N) is 2. The standard InChI is InChI=1S/C17H14F3N3OS/c18-17(19,20)11-2-4-12(5-3-11)21-16(24)23-9-10-1-6-14-13(7-8-25-14)15(10)22-23/h2-5,7-8,10H,1,6,9H2,(H,21,24). The molecule has 2 heterocycles. The molecule has 4 nitrogen and oxygen atoms in total. The van der Waals surface area contributed by atoms with Gasteiger partial charge in [0, 0.05) is 22.0 Å². The molecule has 8 heteroatoms. The Labute approximate surface area is 146 Å². The Balaban J connectivity index is 1.48. The number of alkyl halides is 3. The average Bonchev–Trinajstić information content (AvgIpc) is 3.20. The minimum absolute atomic E-state index is 0.223. The predicted molar refractivity (Wildman–Crippen MR) is 89.8 cm³/mol. The van der Waals surface area contributed by atoms with E-state index >= 15 is 0 Å². The highest BCUT2D eigenvalue weighted by atomic mass is 32.1. The zero-order valence-corrected chi connectivity index (χ0v) is 13.8. The predicted octanol–water partition coefficient (Wildman–Crippen LogP) is 4.58. The summed E-state index contributed by atoms with van der Waals surface area (Å²) >= 11 is 1.70. The minimum atomic E-state index is -4.39. The summed E-state index contributed by atoms with van der Waals surface area (Å²) in [5.74, 6) is 0.223. The van der Waals surface area contributed by atoms with Gasteiger partial charge in [-0.05, 0) is 48.6 Å². The largest absolute Gasteiger partial charge is 0.416 e. The molecular weight excluding hydrogens is 351 g/mol. The lowest BCUT2D eigenvalue weighted by molar-refractivity contribution is -0.137. The Bertz CT molecular complexity index is 842. The molecule has 2 aliphatic rings. The highest BCUT2D eigenvalue weighted by Gasteiger charge is 2.35. The number of fused-ring (bicyclic) bond motifs is 3. The minimum Gasteiger partial charge on any atom is -0.306 e. The second-order valence-electron chi connectivity index (χ2n) is 6.07. The third kappa shape index (κ3) is 3.02. The van der Waals surface area contributed by atoms with E-state index in [0.717, 1.165) is 36.2 Å². The van der Waals surface area contributed by atoms with Crippen LogP contribution in [0.1, 0.15) is 22.4 Å². The van der Waals surface area contributed by atoms with E-state index in [1.165, 1.54) is 22.0 Å². The molecule has 25 heavy (non-hydrogen) atoms. The zero-order valence-electron chi connectivity index (χ0n) is 13.0. The number of amides is 2. The van der Waals surface area contributed by atoms with E-state index in [9.17, 15) is 18.0 Å². The highest BCUT2D eigenvalue weighted by Crippen LogP contribution is 2.34. The number of halogens is 3. The van der Waals surface area contributed by atoms with Crippen LogP contribution in [0.2, 0.25) is 0 Å². The molecule has 2 amide bonds. The van der Waals surface area contributed by atoms with E-state index in [-0.39, 0.29) is 5.92 Å². The lowest BCUT2D eigenvalue weighted by Gasteiger charge is -2.18. The molecule has 0 fully saturated rings. The summed E-state index contributed by atoms with van der Waals surface area (Å²) in [4.78, 5) is 13.7. The topological polar surface area (TPSA) is 44.7 Å². The van der Waals surface area contributed by atoms with Crippen molar-refractivity contribution < 1.29 is 18.0 Å². The number of carbonyl (C=O) groups excluding carboxylic acids is 1. The van der Waals surface area contributed by atoms with E-state index in [1.807, 2.05) is 11.4 Å². The number of anilines is 1. The molecule has 130 valence electrons. The summed E-state index contributed by atoms with van der Waals surface area (Å²) in [6.07, 6.45) is -2.45. The molecule has 1 aliphatic carbocycles. The summed E-state index contributed by atoms with van der Waals surface area (Å²) in [6, 6.07) is 5.98. The monoisotopic (exact) mass is 365 g/mol. The van der Waals surface area contributed by atoms with Crippen molar-refractivity contribution >= 4 is 28.8 Å². The number of carbonyl (C=O) groups is 1. The van der Waals surface area contributed by atoms with Crippen LogP contribution < -0.4 is 5.32 Å². The number of benzene rings is 1. The van der Waals surface area contributed by atoms with Crippen molar-refractivity contribution in [2.24, 2.45) is 11.0 Å². The molecule has 2 aromatic rings. The zero-order chi connectivity index (χ0) is 17.6. The van der Waals surface area contributed by atoms with Gasteiger partial charge in [0.05, 0.1) is 17.8 Å². The lowest BCUT2D eigenvalue weighted by atomic mass is 9.87. The molecule has 1 unspecified atom stereocenters. The van der Waals surface area contributed by atoms with Gasteiger partial charge in [0.15, 0.2) is 0 Å². The van der Waals surface area contributed by atoms with Crippen LogP contribution in [0, 0.1) is 5.92 Å². The fraction of sp³-hybridized carbons (Fsp3) is 0.294. The lowest BCUT2D eigenvalue weighted by Crippen LogP contribution is -2.31. The molecule has 0 radical (unpaired) electrons. The Morgan fingerprint density at radius 2 is 2.00 bits per heavy atom. The molecule has 1 aromatic carbocycles. The summed E-state index contributed by atoms with van der Waals surface area (Å²) in [6.45, 7) is 0.497. The Kier molecular flexibility index (Phi) is 3.79. The van der Waals surface area contributed by atoms with Gasteiger partial charge in [0.1, 0.15) is 0 Å². The summed E-state index contributed by atoms with van der Waals surface area (Å²) in [5.41, 5.74) is 1.61. The van der Waals surface area contributed by atoms with Gasteiger partial charge in [0.2, 0.25) is 0 Å². The Hall–Kier alpha value is -2.35. The number of hydrazone groups is 1. The van der Waals surface area contributed by atoms with Crippen LogP contribution in [0.15, 0.2) is 40.8 Å². The molecule has 4 rings (SSSR count). The quantitative estimate of drug-likeness (QED) is 0.790. The molecule has 1 N–H and O–H groups in total. The van der Waals surface area contributed by atoms with Crippen LogP contribution in [-0.2, 0) is 12.6 Å². The molecular formula is C17H14F3N3OS. The average molecular weight is 365 g/mol. The number of hydrogen-bond acceptors (Lipinski definition) is 3. The van der Waals surface area contributed by atoms with Crippen molar-refractivity contribution in [1.29, 1.82) is 0 Å². The van der Waals surface area contributed by atoms with Crippen molar-refractivity contribution in [1.82, 2.24) is 5.01 Å². The van der Waals surface area contributed by atoms with Gasteiger partial charge < -0.3 is 5.32 Å². The van der Waals surface area contributed by atoms with E-state index < -0.39 is 17.8 Å². The molecule has 0 spiro atoms. The Morgan fingerprint density at radius 3 is 2.72 bits per heavy atom. The van der Waals surface area contributed by atoms with Crippen LogP contribution in [0.25, 0.3) is 0 Å². The number of urea groups is 1. The first kappa shape index (κ1) is 16.1. The van der Waals surface area contributed by atoms with Crippen LogP contribution >= 0.6 is 11.3 Å². The first-order valence-corrected chi connectivity index (χ1v) is 8.71. The smallest absolute Gasteiger partial charge is 0.306 e. The van der Waals surface area contributed by atoms with Gasteiger partial charge in [0.25, 0.3) is 0 Å². The maximum Gasteiger partial charge on any atom is 0.416 e. The van der Waals surface area contributed by atoms with E-state index in [4.69, 9.17) is 0 Å².